The molecule has 2 amide bonds. The zero-order chi connectivity index (χ0) is 21.6. The molecule has 0 aromatic heterocycles. The number of amides is 2. The van der Waals surface area contributed by atoms with Crippen LogP contribution >= 0.6 is 0 Å². The van der Waals surface area contributed by atoms with Gasteiger partial charge in [-0.2, -0.15) is 0 Å². The van der Waals surface area contributed by atoms with Crippen LogP contribution in [0.3, 0.4) is 0 Å². The van der Waals surface area contributed by atoms with Crippen LogP contribution in [0.2, 0.25) is 0 Å². The van der Waals surface area contributed by atoms with Crippen LogP contribution in [-0.4, -0.2) is 90.8 Å². The van der Waals surface area contributed by atoms with E-state index in [1.807, 2.05) is 17.0 Å². The summed E-state index contributed by atoms with van der Waals surface area (Å²) in [6.07, 6.45) is 4.35. The van der Waals surface area contributed by atoms with E-state index >= 15 is 0 Å². The van der Waals surface area contributed by atoms with Gasteiger partial charge in [0.25, 0.3) is 5.91 Å². The van der Waals surface area contributed by atoms with E-state index in [2.05, 4.69) is 15.5 Å². The van der Waals surface area contributed by atoms with Gasteiger partial charge in [-0.05, 0) is 69.5 Å². The number of nitrogens with zero attached hydrogens (tertiary/aromatic N) is 2. The number of carbonyl (C=O) groups is 2. The Kier molecular flexibility index (Phi) is 7.42. The van der Waals surface area contributed by atoms with Gasteiger partial charge >= 0.3 is 0 Å². The lowest BCUT2D eigenvalue weighted by molar-refractivity contribution is -0.126. The number of aliphatic hydroxyl groups is 1. The van der Waals surface area contributed by atoms with Crippen LogP contribution in [0.1, 0.15) is 42.5 Å². The van der Waals surface area contributed by atoms with Gasteiger partial charge in [0.2, 0.25) is 5.91 Å². The van der Waals surface area contributed by atoms with E-state index in [-0.39, 0.29) is 23.9 Å². The zero-order valence-electron chi connectivity index (χ0n) is 18.1. The monoisotopic (exact) mass is 430 g/mol. The maximum absolute atomic E-state index is 12.7. The van der Waals surface area contributed by atoms with Crippen molar-refractivity contribution in [2.45, 2.75) is 50.3 Å². The molecule has 1 aliphatic carbocycles. The van der Waals surface area contributed by atoms with Gasteiger partial charge in [-0.25, -0.2) is 0 Å². The highest BCUT2D eigenvalue weighted by molar-refractivity contribution is 5.94. The fraction of sp³-hybridized carbons (Fsp3) is 0.652. The minimum atomic E-state index is -0.684. The van der Waals surface area contributed by atoms with Crippen LogP contribution in [0, 0.1) is 0 Å². The largest absolute Gasteiger partial charge is 0.492 e. The van der Waals surface area contributed by atoms with Crippen molar-refractivity contribution >= 4 is 11.8 Å². The predicted octanol–water partition coefficient (Wildman–Crippen LogP) is 0.605. The SMILES string of the molecule is O=C1CN([C@@H]2CCC[C@@H](NC(=O)c3ccc(OCCN4CCCC4)cc3)[C@H]2O)CCN1. The van der Waals surface area contributed by atoms with Crippen LogP contribution in [0.5, 0.6) is 5.75 Å². The molecule has 3 atom stereocenters. The number of hydrogen-bond donors (Lipinski definition) is 3. The standard InChI is InChI=1S/C23H34N4O4/c28-21-16-27(13-10-24-21)20-5-3-4-19(22(20)29)25-23(30)17-6-8-18(9-7-17)31-15-14-26-11-1-2-12-26/h6-9,19-20,22,29H,1-5,10-16H2,(H,24,28)(H,25,30)/t19-,20-,22-/m1/s1. The van der Waals surface area contributed by atoms with Crippen molar-refractivity contribution in [3.8, 4) is 5.75 Å². The molecule has 3 N–H and O–H groups in total. The van der Waals surface area contributed by atoms with E-state index in [0.29, 0.717) is 25.3 Å². The first-order valence-corrected chi connectivity index (χ1v) is 11.5. The molecule has 0 radical (unpaired) electrons. The number of hydrogen-bond acceptors (Lipinski definition) is 6. The zero-order valence-corrected chi connectivity index (χ0v) is 18.1. The molecule has 1 aromatic rings. The van der Waals surface area contributed by atoms with Crippen molar-refractivity contribution in [1.82, 2.24) is 20.4 Å². The van der Waals surface area contributed by atoms with E-state index in [9.17, 15) is 14.7 Å². The summed E-state index contributed by atoms with van der Waals surface area (Å²) in [6, 6.07) is 6.77. The summed E-state index contributed by atoms with van der Waals surface area (Å²) < 4.78 is 5.81. The van der Waals surface area contributed by atoms with E-state index in [1.54, 1.807) is 12.1 Å². The Labute approximate surface area is 183 Å². The van der Waals surface area contributed by atoms with Crippen molar-refractivity contribution in [1.29, 1.82) is 0 Å². The van der Waals surface area contributed by atoms with Crippen molar-refractivity contribution in [2.75, 3.05) is 45.9 Å². The number of ether oxygens (including phenoxy) is 1. The highest BCUT2D eigenvalue weighted by atomic mass is 16.5. The Bertz CT molecular complexity index is 750. The van der Waals surface area contributed by atoms with Gasteiger partial charge in [0.15, 0.2) is 0 Å². The number of nitrogens with one attached hydrogen (secondary N) is 2. The van der Waals surface area contributed by atoms with Crippen molar-refractivity contribution in [3.63, 3.8) is 0 Å². The Balaban J connectivity index is 1.27. The molecular weight excluding hydrogens is 396 g/mol. The predicted molar refractivity (Wildman–Crippen MR) is 117 cm³/mol. The third-order valence-corrected chi connectivity index (χ3v) is 6.67. The van der Waals surface area contributed by atoms with Gasteiger partial charge in [-0.3, -0.25) is 19.4 Å². The second kappa shape index (κ2) is 10.4. The van der Waals surface area contributed by atoms with Gasteiger partial charge in [-0.1, -0.05) is 0 Å². The Morgan fingerprint density at radius 3 is 2.65 bits per heavy atom. The van der Waals surface area contributed by atoms with E-state index in [4.69, 9.17) is 4.74 Å². The van der Waals surface area contributed by atoms with Gasteiger partial charge in [0.1, 0.15) is 12.4 Å². The molecule has 0 bridgehead atoms. The fourth-order valence-corrected chi connectivity index (χ4v) is 4.91. The quantitative estimate of drug-likeness (QED) is 0.587. The van der Waals surface area contributed by atoms with Crippen LogP contribution < -0.4 is 15.4 Å². The molecule has 8 nitrogen and oxygen atoms in total. The first-order chi connectivity index (χ1) is 15.1. The second-order valence-electron chi connectivity index (χ2n) is 8.81. The third kappa shape index (κ3) is 5.75. The van der Waals surface area contributed by atoms with Crippen molar-refractivity contribution < 1.29 is 19.4 Å². The normalized spacial score (nSPS) is 27.6. The van der Waals surface area contributed by atoms with Crippen LogP contribution in [0.4, 0.5) is 0 Å². The van der Waals surface area contributed by atoms with Crippen molar-refractivity contribution in [2.24, 2.45) is 0 Å². The van der Waals surface area contributed by atoms with Gasteiger partial charge in [0.05, 0.1) is 18.7 Å². The van der Waals surface area contributed by atoms with Crippen LogP contribution in [0.25, 0.3) is 0 Å². The Hall–Kier alpha value is -2.16. The third-order valence-electron chi connectivity index (χ3n) is 6.67. The smallest absolute Gasteiger partial charge is 0.251 e. The molecule has 1 saturated carbocycles. The minimum absolute atomic E-state index is 0.00709. The van der Waals surface area contributed by atoms with E-state index in [0.717, 1.165) is 51.2 Å². The summed E-state index contributed by atoms with van der Waals surface area (Å²) >= 11 is 0. The lowest BCUT2D eigenvalue weighted by atomic mass is 9.86. The summed E-state index contributed by atoms with van der Waals surface area (Å²) in [6.45, 7) is 5.53. The number of rotatable bonds is 7. The highest BCUT2D eigenvalue weighted by Crippen LogP contribution is 2.25. The first-order valence-electron chi connectivity index (χ1n) is 11.5. The molecular formula is C23H34N4O4. The average molecular weight is 431 g/mol. The van der Waals surface area contributed by atoms with Crippen LogP contribution in [0.15, 0.2) is 24.3 Å². The molecule has 2 heterocycles. The number of aliphatic hydroxyl groups excluding tert-OH is 1. The summed E-state index contributed by atoms with van der Waals surface area (Å²) in [7, 11) is 0. The molecule has 31 heavy (non-hydrogen) atoms. The maximum Gasteiger partial charge on any atom is 0.251 e. The second-order valence-corrected chi connectivity index (χ2v) is 8.81. The van der Waals surface area contributed by atoms with Crippen LogP contribution in [-0.2, 0) is 4.79 Å². The molecule has 0 unspecified atom stereocenters. The molecule has 170 valence electrons. The molecule has 2 saturated heterocycles. The molecule has 8 heteroatoms. The molecule has 2 aliphatic heterocycles. The number of benzene rings is 1. The lowest BCUT2D eigenvalue weighted by Gasteiger charge is -2.42. The topological polar surface area (TPSA) is 94.1 Å². The highest BCUT2D eigenvalue weighted by Gasteiger charge is 2.37. The minimum Gasteiger partial charge on any atom is -0.492 e. The molecule has 0 spiro atoms. The maximum atomic E-state index is 12.7. The molecule has 1 aromatic carbocycles. The van der Waals surface area contributed by atoms with Gasteiger partial charge < -0.3 is 20.5 Å². The van der Waals surface area contributed by atoms with Crippen molar-refractivity contribution in [3.05, 3.63) is 29.8 Å². The summed E-state index contributed by atoms with van der Waals surface area (Å²) in [5, 5.41) is 16.7. The molecule has 4 rings (SSSR count). The summed E-state index contributed by atoms with van der Waals surface area (Å²) in [4.78, 5) is 28.9. The van der Waals surface area contributed by atoms with Gasteiger partial charge in [0, 0.05) is 31.2 Å². The fourth-order valence-electron chi connectivity index (χ4n) is 4.91. The lowest BCUT2D eigenvalue weighted by Crippen LogP contribution is -2.60. The summed E-state index contributed by atoms with van der Waals surface area (Å²) in [5.74, 6) is 0.564. The Morgan fingerprint density at radius 2 is 1.90 bits per heavy atom. The average Bonchev–Trinajstić information content (AvgIpc) is 3.29. The van der Waals surface area contributed by atoms with Gasteiger partial charge in [-0.15, -0.1) is 0 Å². The number of carbonyl (C=O) groups excluding carboxylic acids is 2. The van der Waals surface area contributed by atoms with E-state index in [1.165, 1.54) is 12.8 Å². The number of likely N-dealkylation sites (tertiary alicyclic amines) is 1. The van der Waals surface area contributed by atoms with E-state index < -0.39 is 6.10 Å². The molecule has 3 aliphatic rings. The Morgan fingerprint density at radius 1 is 1.13 bits per heavy atom. The first kappa shape index (κ1) is 22.0. The summed E-state index contributed by atoms with van der Waals surface area (Å²) in [5.41, 5.74) is 0.554. The number of piperazine rings is 1. The molecule has 3 fully saturated rings.